The predicted octanol–water partition coefficient (Wildman–Crippen LogP) is 3.49. The molecule has 1 fully saturated rings. The Morgan fingerprint density at radius 3 is 3.14 bits per heavy atom. The third-order valence-corrected chi connectivity index (χ3v) is 4.49. The van der Waals surface area contributed by atoms with Gasteiger partial charge in [0.25, 0.3) is 0 Å². The summed E-state index contributed by atoms with van der Waals surface area (Å²) in [5, 5.41) is 10.1. The Hall–Kier alpha value is -1.40. The summed E-state index contributed by atoms with van der Waals surface area (Å²) < 4.78 is 5.61. The number of hydrogen-bond donors (Lipinski definition) is 2. The molecule has 2 N–H and O–H groups in total. The molecule has 2 unspecified atom stereocenters. The number of anilines is 2. The highest BCUT2D eigenvalue weighted by molar-refractivity contribution is 7.16. The molecule has 1 saturated heterocycles. The van der Waals surface area contributed by atoms with Crippen LogP contribution < -0.4 is 10.6 Å². The SMILES string of the molecule is CCCNc1nc(NC2CCOC(C)C2)c2ccsc2n1. The first-order chi connectivity index (χ1) is 10.3. The molecule has 3 rings (SSSR count). The van der Waals surface area contributed by atoms with Gasteiger partial charge in [-0.3, -0.25) is 0 Å². The molecular weight excluding hydrogens is 284 g/mol. The van der Waals surface area contributed by atoms with E-state index in [-0.39, 0.29) is 0 Å². The minimum Gasteiger partial charge on any atom is -0.378 e. The number of fused-ring (bicyclic) bond motifs is 1. The van der Waals surface area contributed by atoms with Crippen molar-refractivity contribution in [3.63, 3.8) is 0 Å². The summed E-state index contributed by atoms with van der Waals surface area (Å²) >= 11 is 1.66. The first-order valence-electron chi connectivity index (χ1n) is 7.63. The molecule has 2 aromatic heterocycles. The Kier molecular flexibility index (Phi) is 4.55. The van der Waals surface area contributed by atoms with Crippen molar-refractivity contribution in [2.75, 3.05) is 23.8 Å². The van der Waals surface area contributed by atoms with Crippen molar-refractivity contribution in [2.24, 2.45) is 0 Å². The van der Waals surface area contributed by atoms with Crippen LogP contribution in [0.3, 0.4) is 0 Å². The number of thiophene rings is 1. The molecule has 2 atom stereocenters. The lowest BCUT2D eigenvalue weighted by Gasteiger charge is -2.28. The van der Waals surface area contributed by atoms with Crippen LogP contribution in [0.2, 0.25) is 0 Å². The largest absolute Gasteiger partial charge is 0.378 e. The van der Waals surface area contributed by atoms with Gasteiger partial charge in [-0.2, -0.15) is 4.98 Å². The monoisotopic (exact) mass is 306 g/mol. The summed E-state index contributed by atoms with van der Waals surface area (Å²) in [6.45, 7) is 5.98. The normalized spacial score (nSPS) is 22.4. The molecule has 5 nitrogen and oxygen atoms in total. The Balaban J connectivity index is 1.83. The van der Waals surface area contributed by atoms with Crippen LogP contribution >= 0.6 is 11.3 Å². The molecule has 0 aromatic carbocycles. The predicted molar refractivity (Wildman–Crippen MR) is 88.3 cm³/mol. The second-order valence-electron chi connectivity index (χ2n) is 5.51. The Morgan fingerprint density at radius 1 is 1.43 bits per heavy atom. The molecule has 0 bridgehead atoms. The molecule has 21 heavy (non-hydrogen) atoms. The summed E-state index contributed by atoms with van der Waals surface area (Å²) in [7, 11) is 0. The topological polar surface area (TPSA) is 59.1 Å². The van der Waals surface area contributed by atoms with Crippen LogP contribution in [0.25, 0.3) is 10.2 Å². The Labute approximate surface area is 129 Å². The quantitative estimate of drug-likeness (QED) is 0.885. The standard InChI is InChI=1S/C15H22N4OS/c1-3-6-16-15-18-13(12-5-8-21-14(12)19-15)17-11-4-7-20-10(2)9-11/h5,8,10-11H,3-4,6-7,9H2,1-2H3,(H2,16,17,18,19). The fraction of sp³-hybridized carbons (Fsp3) is 0.600. The van der Waals surface area contributed by atoms with Gasteiger partial charge in [0.15, 0.2) is 0 Å². The smallest absolute Gasteiger partial charge is 0.226 e. The van der Waals surface area contributed by atoms with Crippen LogP contribution in [-0.2, 0) is 4.74 Å². The summed E-state index contributed by atoms with van der Waals surface area (Å²) in [4.78, 5) is 10.3. The van der Waals surface area contributed by atoms with Crippen LogP contribution in [-0.4, -0.2) is 35.3 Å². The van der Waals surface area contributed by atoms with Gasteiger partial charge in [-0.15, -0.1) is 11.3 Å². The fourth-order valence-electron chi connectivity index (χ4n) is 2.60. The molecule has 6 heteroatoms. The van der Waals surface area contributed by atoms with E-state index >= 15 is 0 Å². The van der Waals surface area contributed by atoms with Crippen LogP contribution in [0.1, 0.15) is 33.1 Å². The summed E-state index contributed by atoms with van der Waals surface area (Å²) in [6.07, 6.45) is 3.42. The highest BCUT2D eigenvalue weighted by Gasteiger charge is 2.20. The number of nitrogens with zero attached hydrogens (tertiary/aromatic N) is 2. The fourth-order valence-corrected chi connectivity index (χ4v) is 3.37. The van der Waals surface area contributed by atoms with E-state index in [2.05, 4.69) is 45.9 Å². The van der Waals surface area contributed by atoms with Crippen molar-refractivity contribution in [2.45, 2.75) is 45.3 Å². The van der Waals surface area contributed by atoms with Gasteiger partial charge in [-0.25, -0.2) is 4.98 Å². The molecule has 1 aliphatic rings. The summed E-state index contributed by atoms with van der Waals surface area (Å²) in [6, 6.07) is 2.51. The van der Waals surface area contributed by atoms with Gasteiger partial charge in [-0.1, -0.05) is 6.92 Å². The minimum absolute atomic E-state index is 0.314. The molecule has 0 amide bonds. The molecule has 0 saturated carbocycles. The average molecular weight is 306 g/mol. The maximum Gasteiger partial charge on any atom is 0.226 e. The zero-order chi connectivity index (χ0) is 14.7. The highest BCUT2D eigenvalue weighted by Crippen LogP contribution is 2.28. The highest BCUT2D eigenvalue weighted by atomic mass is 32.1. The minimum atomic E-state index is 0.314. The number of rotatable bonds is 5. The molecule has 0 aliphatic carbocycles. The number of nitrogens with one attached hydrogen (secondary N) is 2. The van der Waals surface area contributed by atoms with Crippen LogP contribution in [0.4, 0.5) is 11.8 Å². The number of hydrogen-bond acceptors (Lipinski definition) is 6. The summed E-state index contributed by atoms with van der Waals surface area (Å²) in [5.41, 5.74) is 0. The molecule has 0 radical (unpaired) electrons. The third-order valence-electron chi connectivity index (χ3n) is 3.68. The van der Waals surface area contributed by atoms with E-state index in [0.717, 1.165) is 54.4 Å². The van der Waals surface area contributed by atoms with Gasteiger partial charge in [0.2, 0.25) is 5.95 Å². The molecule has 3 heterocycles. The van der Waals surface area contributed by atoms with Crippen LogP contribution in [0.5, 0.6) is 0 Å². The van der Waals surface area contributed by atoms with E-state index in [9.17, 15) is 0 Å². The van der Waals surface area contributed by atoms with Gasteiger partial charge in [0, 0.05) is 19.2 Å². The van der Waals surface area contributed by atoms with Crippen molar-refractivity contribution in [1.82, 2.24) is 9.97 Å². The van der Waals surface area contributed by atoms with Crippen molar-refractivity contribution in [1.29, 1.82) is 0 Å². The number of ether oxygens (including phenoxy) is 1. The maximum atomic E-state index is 5.61. The first kappa shape index (κ1) is 14.5. The van der Waals surface area contributed by atoms with Gasteiger partial charge in [-0.05, 0) is 37.6 Å². The van der Waals surface area contributed by atoms with Gasteiger partial charge < -0.3 is 15.4 Å². The zero-order valence-corrected chi connectivity index (χ0v) is 13.4. The van der Waals surface area contributed by atoms with E-state index in [1.54, 1.807) is 11.3 Å². The summed E-state index contributed by atoms with van der Waals surface area (Å²) in [5.74, 6) is 1.66. The van der Waals surface area contributed by atoms with E-state index < -0.39 is 0 Å². The third kappa shape index (κ3) is 3.44. The van der Waals surface area contributed by atoms with Gasteiger partial charge in [0.1, 0.15) is 10.6 Å². The lowest BCUT2D eigenvalue weighted by Crippen LogP contribution is -2.32. The van der Waals surface area contributed by atoms with E-state index in [0.29, 0.717) is 12.1 Å². The van der Waals surface area contributed by atoms with E-state index in [1.807, 2.05) is 0 Å². The Bertz CT molecular complexity index is 600. The lowest BCUT2D eigenvalue weighted by molar-refractivity contribution is 0.0232. The molecule has 0 spiro atoms. The lowest BCUT2D eigenvalue weighted by atomic mass is 10.0. The van der Waals surface area contributed by atoms with Crippen LogP contribution in [0, 0.1) is 0 Å². The van der Waals surface area contributed by atoms with Crippen molar-refractivity contribution in [3.05, 3.63) is 11.4 Å². The first-order valence-corrected chi connectivity index (χ1v) is 8.51. The van der Waals surface area contributed by atoms with Gasteiger partial charge >= 0.3 is 0 Å². The van der Waals surface area contributed by atoms with E-state index in [4.69, 9.17) is 4.74 Å². The average Bonchev–Trinajstić information content (AvgIpc) is 2.94. The zero-order valence-electron chi connectivity index (χ0n) is 12.6. The molecular formula is C15H22N4OS. The molecule has 114 valence electrons. The van der Waals surface area contributed by atoms with Crippen molar-refractivity contribution < 1.29 is 4.74 Å². The van der Waals surface area contributed by atoms with E-state index in [1.165, 1.54) is 0 Å². The number of aromatic nitrogens is 2. The van der Waals surface area contributed by atoms with Crippen molar-refractivity contribution >= 4 is 33.3 Å². The molecule has 1 aliphatic heterocycles. The second-order valence-corrected chi connectivity index (χ2v) is 6.40. The van der Waals surface area contributed by atoms with Gasteiger partial charge in [0.05, 0.1) is 11.5 Å². The Morgan fingerprint density at radius 2 is 2.33 bits per heavy atom. The van der Waals surface area contributed by atoms with Crippen LogP contribution in [0.15, 0.2) is 11.4 Å². The van der Waals surface area contributed by atoms with Crippen molar-refractivity contribution in [3.8, 4) is 0 Å². The molecule has 2 aromatic rings. The second kappa shape index (κ2) is 6.58. The maximum absolute atomic E-state index is 5.61.